The van der Waals surface area contributed by atoms with Crippen molar-refractivity contribution in [3.63, 3.8) is 0 Å². The highest BCUT2D eigenvalue weighted by Gasteiger charge is 2.05. The minimum absolute atomic E-state index is 0.515. The number of benzene rings is 1. The summed E-state index contributed by atoms with van der Waals surface area (Å²) in [5.74, 6) is 0.515. The van der Waals surface area contributed by atoms with Crippen molar-refractivity contribution in [3.8, 4) is 11.1 Å². The zero-order chi connectivity index (χ0) is 11.7. The Morgan fingerprint density at radius 1 is 1.06 bits per heavy atom. The largest absolute Gasteiger partial charge is 0.384 e. The van der Waals surface area contributed by atoms with E-state index in [2.05, 4.69) is 4.98 Å². The van der Waals surface area contributed by atoms with Crippen LogP contribution < -0.4 is 5.73 Å². The number of pyridine rings is 1. The lowest BCUT2D eigenvalue weighted by Gasteiger charge is -2.07. The van der Waals surface area contributed by atoms with Gasteiger partial charge in [-0.2, -0.15) is 0 Å². The van der Waals surface area contributed by atoms with Crippen LogP contribution in [0.1, 0.15) is 5.69 Å². The van der Waals surface area contributed by atoms with E-state index in [1.165, 1.54) is 0 Å². The zero-order valence-electron chi connectivity index (χ0n) is 8.67. The van der Waals surface area contributed by atoms with Crippen LogP contribution in [0, 0.1) is 6.92 Å². The number of anilines is 1. The van der Waals surface area contributed by atoms with Gasteiger partial charge in [-0.15, -0.1) is 0 Å². The third kappa shape index (κ3) is 2.13. The van der Waals surface area contributed by atoms with E-state index in [1.807, 2.05) is 25.1 Å². The monoisotopic (exact) mass is 252 g/mol. The molecule has 2 aromatic rings. The van der Waals surface area contributed by atoms with Crippen molar-refractivity contribution in [2.45, 2.75) is 6.92 Å². The number of aryl methyl sites for hydroxylation is 1. The highest BCUT2D eigenvalue weighted by Crippen LogP contribution is 2.29. The van der Waals surface area contributed by atoms with Gasteiger partial charge in [-0.3, -0.25) is 0 Å². The molecule has 82 valence electrons. The van der Waals surface area contributed by atoms with Gasteiger partial charge >= 0.3 is 0 Å². The second kappa shape index (κ2) is 4.32. The van der Waals surface area contributed by atoms with Crippen LogP contribution in [0.2, 0.25) is 10.0 Å². The summed E-state index contributed by atoms with van der Waals surface area (Å²) in [6.07, 6.45) is 0. The fraction of sp³-hybridized carbons (Fsp3) is 0.0833. The first kappa shape index (κ1) is 11.2. The molecule has 0 aliphatic rings. The molecular weight excluding hydrogens is 243 g/mol. The van der Waals surface area contributed by atoms with Gasteiger partial charge in [-0.25, -0.2) is 4.98 Å². The Bertz CT molecular complexity index is 539. The normalized spacial score (nSPS) is 10.4. The molecular formula is C12H10Cl2N2. The average molecular weight is 253 g/mol. The molecule has 0 aliphatic carbocycles. The number of nitrogen functional groups attached to an aromatic ring is 1. The summed E-state index contributed by atoms with van der Waals surface area (Å²) in [5, 5.41) is 1.09. The minimum Gasteiger partial charge on any atom is -0.384 e. The molecule has 2 N–H and O–H groups in total. The molecule has 0 atom stereocenters. The highest BCUT2D eigenvalue weighted by atomic mass is 35.5. The van der Waals surface area contributed by atoms with Crippen LogP contribution in [0.3, 0.4) is 0 Å². The van der Waals surface area contributed by atoms with Crippen molar-refractivity contribution in [2.24, 2.45) is 0 Å². The van der Waals surface area contributed by atoms with Crippen molar-refractivity contribution in [1.82, 2.24) is 4.98 Å². The lowest BCUT2D eigenvalue weighted by Crippen LogP contribution is -1.94. The predicted molar refractivity (Wildman–Crippen MR) is 68.8 cm³/mol. The van der Waals surface area contributed by atoms with Crippen LogP contribution in [0.25, 0.3) is 11.1 Å². The fourth-order valence-electron chi connectivity index (χ4n) is 1.55. The van der Waals surface area contributed by atoms with Crippen LogP contribution in [0.15, 0.2) is 30.3 Å². The van der Waals surface area contributed by atoms with Gasteiger partial charge in [0.1, 0.15) is 5.82 Å². The first-order valence-corrected chi connectivity index (χ1v) is 5.52. The summed E-state index contributed by atoms with van der Waals surface area (Å²) < 4.78 is 0. The Balaban J connectivity index is 2.54. The molecule has 0 saturated heterocycles. The second-order valence-electron chi connectivity index (χ2n) is 3.50. The van der Waals surface area contributed by atoms with Crippen molar-refractivity contribution >= 4 is 29.0 Å². The Kier molecular flexibility index (Phi) is 3.03. The third-order valence-electron chi connectivity index (χ3n) is 2.34. The summed E-state index contributed by atoms with van der Waals surface area (Å²) in [4.78, 5) is 4.20. The summed E-state index contributed by atoms with van der Waals surface area (Å²) >= 11 is 11.8. The van der Waals surface area contributed by atoms with Crippen LogP contribution >= 0.6 is 23.2 Å². The number of rotatable bonds is 1. The Morgan fingerprint density at radius 2 is 1.81 bits per heavy atom. The van der Waals surface area contributed by atoms with E-state index in [0.717, 1.165) is 16.8 Å². The molecule has 0 unspecified atom stereocenters. The maximum absolute atomic E-state index is 5.97. The van der Waals surface area contributed by atoms with Crippen molar-refractivity contribution < 1.29 is 0 Å². The van der Waals surface area contributed by atoms with Crippen LogP contribution in [-0.4, -0.2) is 4.98 Å². The van der Waals surface area contributed by atoms with E-state index < -0.39 is 0 Å². The topological polar surface area (TPSA) is 38.9 Å². The first-order chi connectivity index (χ1) is 7.58. The molecule has 0 fully saturated rings. The number of halogens is 2. The van der Waals surface area contributed by atoms with Crippen LogP contribution in [0.5, 0.6) is 0 Å². The summed E-state index contributed by atoms with van der Waals surface area (Å²) in [7, 11) is 0. The van der Waals surface area contributed by atoms with Crippen molar-refractivity contribution in [3.05, 3.63) is 46.1 Å². The van der Waals surface area contributed by atoms with Gasteiger partial charge in [0.25, 0.3) is 0 Å². The Labute approximate surface area is 104 Å². The quantitative estimate of drug-likeness (QED) is 0.835. The SMILES string of the molecule is Cc1nc(N)ccc1-c1ccc(Cl)c(Cl)c1. The molecule has 1 heterocycles. The number of aromatic nitrogens is 1. The molecule has 0 aliphatic heterocycles. The smallest absolute Gasteiger partial charge is 0.123 e. The van der Waals surface area contributed by atoms with Gasteiger partial charge in [0.2, 0.25) is 0 Å². The molecule has 16 heavy (non-hydrogen) atoms. The maximum Gasteiger partial charge on any atom is 0.123 e. The standard InChI is InChI=1S/C12H10Cl2N2/c1-7-9(3-5-12(15)16-7)8-2-4-10(13)11(14)6-8/h2-6H,1H3,(H2,15,16). The molecule has 1 aromatic carbocycles. The first-order valence-electron chi connectivity index (χ1n) is 4.76. The lowest BCUT2D eigenvalue weighted by molar-refractivity contribution is 1.21. The molecule has 0 bridgehead atoms. The molecule has 0 spiro atoms. The van der Waals surface area contributed by atoms with E-state index in [4.69, 9.17) is 28.9 Å². The number of nitrogens with zero attached hydrogens (tertiary/aromatic N) is 1. The molecule has 0 amide bonds. The maximum atomic E-state index is 5.97. The van der Waals surface area contributed by atoms with E-state index in [0.29, 0.717) is 15.9 Å². The molecule has 4 heteroatoms. The molecule has 2 rings (SSSR count). The highest BCUT2D eigenvalue weighted by molar-refractivity contribution is 6.42. The minimum atomic E-state index is 0.515. The Hall–Kier alpha value is -1.25. The van der Waals surface area contributed by atoms with Crippen molar-refractivity contribution in [1.29, 1.82) is 0 Å². The van der Waals surface area contributed by atoms with E-state index >= 15 is 0 Å². The van der Waals surface area contributed by atoms with Gasteiger partial charge in [-0.1, -0.05) is 29.3 Å². The van der Waals surface area contributed by atoms with Gasteiger partial charge in [0, 0.05) is 11.3 Å². The van der Waals surface area contributed by atoms with E-state index in [1.54, 1.807) is 12.1 Å². The molecule has 0 radical (unpaired) electrons. The number of hydrogen-bond acceptors (Lipinski definition) is 2. The molecule has 2 nitrogen and oxygen atoms in total. The number of hydrogen-bond donors (Lipinski definition) is 1. The third-order valence-corrected chi connectivity index (χ3v) is 3.08. The van der Waals surface area contributed by atoms with Gasteiger partial charge < -0.3 is 5.73 Å². The predicted octanol–water partition coefficient (Wildman–Crippen LogP) is 3.95. The Morgan fingerprint density at radius 3 is 2.44 bits per heavy atom. The average Bonchev–Trinajstić information content (AvgIpc) is 2.22. The summed E-state index contributed by atoms with van der Waals surface area (Å²) in [5.41, 5.74) is 8.47. The van der Waals surface area contributed by atoms with Gasteiger partial charge in [0.15, 0.2) is 0 Å². The lowest BCUT2D eigenvalue weighted by atomic mass is 10.0. The van der Waals surface area contributed by atoms with E-state index in [-0.39, 0.29) is 0 Å². The van der Waals surface area contributed by atoms with Crippen LogP contribution in [-0.2, 0) is 0 Å². The van der Waals surface area contributed by atoms with Gasteiger partial charge in [-0.05, 0) is 36.8 Å². The van der Waals surface area contributed by atoms with Gasteiger partial charge in [0.05, 0.1) is 10.0 Å². The van der Waals surface area contributed by atoms with E-state index in [9.17, 15) is 0 Å². The molecule has 1 aromatic heterocycles. The molecule has 0 saturated carbocycles. The second-order valence-corrected chi connectivity index (χ2v) is 4.31. The summed E-state index contributed by atoms with van der Waals surface area (Å²) in [6.45, 7) is 1.91. The summed E-state index contributed by atoms with van der Waals surface area (Å²) in [6, 6.07) is 9.20. The van der Waals surface area contributed by atoms with Crippen molar-refractivity contribution in [2.75, 3.05) is 5.73 Å². The fourth-order valence-corrected chi connectivity index (χ4v) is 1.85. The van der Waals surface area contributed by atoms with Crippen LogP contribution in [0.4, 0.5) is 5.82 Å². The zero-order valence-corrected chi connectivity index (χ0v) is 10.2. The number of nitrogens with two attached hydrogens (primary N) is 1.